The van der Waals surface area contributed by atoms with Crippen LogP contribution in [0.2, 0.25) is 0 Å². The third kappa shape index (κ3) is 3.99. The molecule has 2 heterocycles. The molecule has 0 spiro atoms. The average Bonchev–Trinajstić information content (AvgIpc) is 3.08. The standard InChI is InChI=1S/C21H29N3O3/c1-4-16-7-5-6-8-18(16)24-14-17(13-19(24)25)21(27)23-11-9-22(10-12-23)20(26)15(2)3/h5-8,15,17H,4,9-14H2,1-3H3/t17-/m0/s1. The van der Waals surface area contributed by atoms with E-state index in [9.17, 15) is 14.4 Å². The molecule has 0 radical (unpaired) electrons. The molecular weight excluding hydrogens is 342 g/mol. The van der Waals surface area contributed by atoms with Crippen LogP contribution in [0, 0.1) is 11.8 Å². The van der Waals surface area contributed by atoms with E-state index in [-0.39, 0.29) is 36.0 Å². The first-order valence-corrected chi connectivity index (χ1v) is 9.88. The number of carbonyl (C=O) groups is 3. The highest BCUT2D eigenvalue weighted by Crippen LogP contribution is 2.29. The van der Waals surface area contributed by atoms with Gasteiger partial charge in [0.25, 0.3) is 0 Å². The molecule has 2 saturated heterocycles. The number of hydrogen-bond donors (Lipinski definition) is 0. The Morgan fingerprint density at radius 2 is 1.70 bits per heavy atom. The summed E-state index contributed by atoms with van der Waals surface area (Å²) in [6.07, 6.45) is 1.12. The van der Waals surface area contributed by atoms with Gasteiger partial charge >= 0.3 is 0 Å². The molecule has 6 nitrogen and oxygen atoms in total. The number of carbonyl (C=O) groups excluding carboxylic acids is 3. The molecule has 1 atom stereocenters. The number of nitrogens with zero attached hydrogens (tertiary/aromatic N) is 3. The molecule has 0 N–H and O–H groups in total. The second-order valence-corrected chi connectivity index (χ2v) is 7.69. The monoisotopic (exact) mass is 371 g/mol. The van der Waals surface area contributed by atoms with Crippen LogP contribution in [0.15, 0.2) is 24.3 Å². The minimum Gasteiger partial charge on any atom is -0.339 e. The Morgan fingerprint density at radius 1 is 1.07 bits per heavy atom. The molecule has 146 valence electrons. The topological polar surface area (TPSA) is 60.9 Å². The van der Waals surface area contributed by atoms with Crippen LogP contribution in [-0.4, -0.2) is 60.2 Å². The summed E-state index contributed by atoms with van der Waals surface area (Å²) in [6, 6.07) is 7.90. The van der Waals surface area contributed by atoms with Gasteiger partial charge in [0, 0.05) is 50.7 Å². The molecule has 1 aromatic rings. The fourth-order valence-electron chi connectivity index (χ4n) is 3.95. The van der Waals surface area contributed by atoms with Crippen molar-refractivity contribution >= 4 is 23.4 Å². The quantitative estimate of drug-likeness (QED) is 0.813. The first kappa shape index (κ1) is 19.4. The summed E-state index contributed by atoms with van der Waals surface area (Å²) in [4.78, 5) is 43.0. The van der Waals surface area contributed by atoms with Crippen LogP contribution in [0.25, 0.3) is 0 Å². The van der Waals surface area contributed by atoms with Crippen LogP contribution in [0.5, 0.6) is 0 Å². The van der Waals surface area contributed by atoms with Crippen molar-refractivity contribution in [1.82, 2.24) is 9.80 Å². The van der Waals surface area contributed by atoms with Gasteiger partial charge in [0.2, 0.25) is 17.7 Å². The Labute approximate surface area is 161 Å². The van der Waals surface area contributed by atoms with Gasteiger partial charge in [-0.3, -0.25) is 14.4 Å². The second-order valence-electron chi connectivity index (χ2n) is 7.69. The Kier molecular flexibility index (Phi) is 5.82. The van der Waals surface area contributed by atoms with E-state index in [1.54, 1.807) is 4.90 Å². The summed E-state index contributed by atoms with van der Waals surface area (Å²) in [5.41, 5.74) is 2.05. The maximum atomic E-state index is 12.9. The lowest BCUT2D eigenvalue weighted by Crippen LogP contribution is -2.53. The smallest absolute Gasteiger partial charge is 0.228 e. The Morgan fingerprint density at radius 3 is 2.33 bits per heavy atom. The number of amides is 3. The van der Waals surface area contributed by atoms with Gasteiger partial charge in [0.15, 0.2) is 0 Å². The fourth-order valence-corrected chi connectivity index (χ4v) is 3.95. The minimum atomic E-state index is -0.297. The van der Waals surface area contributed by atoms with Crippen molar-refractivity contribution in [2.24, 2.45) is 11.8 Å². The van der Waals surface area contributed by atoms with Crippen LogP contribution in [0.4, 0.5) is 5.69 Å². The van der Waals surface area contributed by atoms with E-state index in [1.807, 2.05) is 47.9 Å². The Bertz CT molecular complexity index is 723. The zero-order valence-corrected chi connectivity index (χ0v) is 16.5. The van der Waals surface area contributed by atoms with E-state index in [2.05, 4.69) is 6.92 Å². The van der Waals surface area contributed by atoms with Crippen LogP contribution in [-0.2, 0) is 20.8 Å². The molecule has 0 aromatic heterocycles. The molecule has 0 aliphatic carbocycles. The lowest BCUT2D eigenvalue weighted by Gasteiger charge is -2.36. The van der Waals surface area contributed by atoms with E-state index < -0.39 is 0 Å². The number of piperazine rings is 1. The number of para-hydroxylation sites is 1. The zero-order chi connectivity index (χ0) is 19.6. The molecule has 2 aliphatic rings. The second kappa shape index (κ2) is 8.11. The van der Waals surface area contributed by atoms with Crippen molar-refractivity contribution in [1.29, 1.82) is 0 Å². The predicted molar refractivity (Wildman–Crippen MR) is 104 cm³/mol. The van der Waals surface area contributed by atoms with Crippen molar-refractivity contribution < 1.29 is 14.4 Å². The lowest BCUT2D eigenvalue weighted by molar-refractivity contribution is -0.143. The molecule has 27 heavy (non-hydrogen) atoms. The van der Waals surface area contributed by atoms with Gasteiger partial charge in [-0.15, -0.1) is 0 Å². The largest absolute Gasteiger partial charge is 0.339 e. The molecule has 0 saturated carbocycles. The van der Waals surface area contributed by atoms with Gasteiger partial charge in [0.1, 0.15) is 0 Å². The van der Waals surface area contributed by atoms with Crippen molar-refractivity contribution in [2.45, 2.75) is 33.6 Å². The number of aryl methyl sites for hydroxylation is 1. The summed E-state index contributed by atoms with van der Waals surface area (Å²) >= 11 is 0. The van der Waals surface area contributed by atoms with Gasteiger partial charge < -0.3 is 14.7 Å². The highest BCUT2D eigenvalue weighted by atomic mass is 16.2. The van der Waals surface area contributed by atoms with Crippen LogP contribution in [0.1, 0.15) is 32.8 Å². The zero-order valence-electron chi connectivity index (χ0n) is 16.5. The third-order valence-corrected chi connectivity index (χ3v) is 5.53. The van der Waals surface area contributed by atoms with Crippen molar-refractivity contribution in [3.63, 3.8) is 0 Å². The fraction of sp³-hybridized carbons (Fsp3) is 0.571. The van der Waals surface area contributed by atoms with E-state index >= 15 is 0 Å². The van der Waals surface area contributed by atoms with E-state index in [0.29, 0.717) is 32.7 Å². The minimum absolute atomic E-state index is 0.0165. The molecule has 1 aromatic carbocycles. The first-order chi connectivity index (χ1) is 12.9. The highest BCUT2D eigenvalue weighted by molar-refractivity contribution is 6.00. The molecule has 3 rings (SSSR count). The molecule has 0 unspecified atom stereocenters. The number of anilines is 1. The number of benzene rings is 1. The van der Waals surface area contributed by atoms with Gasteiger partial charge in [0.05, 0.1) is 5.92 Å². The molecule has 3 amide bonds. The molecular formula is C21H29N3O3. The van der Waals surface area contributed by atoms with Gasteiger partial charge in [-0.1, -0.05) is 39.0 Å². The first-order valence-electron chi connectivity index (χ1n) is 9.88. The summed E-state index contributed by atoms with van der Waals surface area (Å²) in [5, 5.41) is 0. The van der Waals surface area contributed by atoms with Crippen LogP contribution < -0.4 is 4.90 Å². The molecule has 2 aliphatic heterocycles. The highest BCUT2D eigenvalue weighted by Gasteiger charge is 2.38. The Balaban J connectivity index is 1.62. The van der Waals surface area contributed by atoms with Gasteiger partial charge in [-0.05, 0) is 18.1 Å². The van der Waals surface area contributed by atoms with Crippen molar-refractivity contribution in [2.75, 3.05) is 37.6 Å². The third-order valence-electron chi connectivity index (χ3n) is 5.53. The van der Waals surface area contributed by atoms with Crippen molar-refractivity contribution in [3.05, 3.63) is 29.8 Å². The predicted octanol–water partition coefficient (Wildman–Crippen LogP) is 1.93. The lowest BCUT2D eigenvalue weighted by atomic mass is 10.1. The molecule has 0 bridgehead atoms. The van der Waals surface area contributed by atoms with E-state index in [4.69, 9.17) is 0 Å². The van der Waals surface area contributed by atoms with Gasteiger partial charge in [-0.25, -0.2) is 0 Å². The normalized spacial score (nSPS) is 20.5. The van der Waals surface area contributed by atoms with E-state index in [1.165, 1.54) is 0 Å². The maximum Gasteiger partial charge on any atom is 0.228 e. The summed E-state index contributed by atoms with van der Waals surface area (Å²) in [5.74, 6) is -0.124. The van der Waals surface area contributed by atoms with Crippen LogP contribution in [0.3, 0.4) is 0 Å². The number of hydrogen-bond acceptors (Lipinski definition) is 3. The maximum absolute atomic E-state index is 12.9. The van der Waals surface area contributed by atoms with Crippen molar-refractivity contribution in [3.8, 4) is 0 Å². The summed E-state index contributed by atoms with van der Waals surface area (Å²) in [7, 11) is 0. The van der Waals surface area contributed by atoms with E-state index in [0.717, 1.165) is 17.7 Å². The molecule has 6 heteroatoms. The van der Waals surface area contributed by atoms with Crippen LogP contribution >= 0.6 is 0 Å². The average molecular weight is 371 g/mol. The summed E-state index contributed by atoms with van der Waals surface area (Å²) < 4.78 is 0. The Hall–Kier alpha value is -2.37. The number of rotatable bonds is 4. The molecule has 2 fully saturated rings. The summed E-state index contributed by atoms with van der Waals surface area (Å²) in [6.45, 7) is 8.55. The van der Waals surface area contributed by atoms with Gasteiger partial charge in [-0.2, -0.15) is 0 Å². The SMILES string of the molecule is CCc1ccccc1N1C[C@@H](C(=O)N2CCN(C(=O)C(C)C)CC2)CC1=O.